The van der Waals surface area contributed by atoms with Crippen LogP contribution < -0.4 is 5.32 Å². The van der Waals surface area contributed by atoms with E-state index in [1.54, 1.807) is 6.26 Å². The largest absolute Gasteiger partial charge is 0.463 e. The van der Waals surface area contributed by atoms with Gasteiger partial charge in [0.25, 0.3) is 0 Å². The van der Waals surface area contributed by atoms with E-state index in [1.165, 1.54) is 0 Å². The molecule has 0 spiro atoms. The molecule has 0 saturated carbocycles. The summed E-state index contributed by atoms with van der Waals surface area (Å²) in [7, 11) is 2.13. The van der Waals surface area contributed by atoms with E-state index >= 15 is 0 Å². The second-order valence-corrected chi connectivity index (χ2v) is 6.54. The van der Waals surface area contributed by atoms with E-state index in [0.29, 0.717) is 5.76 Å². The van der Waals surface area contributed by atoms with Crippen LogP contribution in [0.1, 0.15) is 30.1 Å². The van der Waals surface area contributed by atoms with Crippen molar-refractivity contribution >= 4 is 17.3 Å². The standard InChI is InChI=1S/C19H21N3O2/c1-22-10-8-13(9-11-22)20-18(16-7-4-12-24-16)17-14-5-2-3-6-15(14)21-19(17)23/h2-7,12-13,17H,8-11H2,1H3,(H,21,23). The van der Waals surface area contributed by atoms with Gasteiger partial charge in [0.05, 0.1) is 18.0 Å². The van der Waals surface area contributed by atoms with Crippen LogP contribution in [-0.2, 0) is 4.79 Å². The third-order valence-corrected chi connectivity index (χ3v) is 4.85. The Balaban J connectivity index is 1.73. The zero-order valence-electron chi connectivity index (χ0n) is 13.7. The van der Waals surface area contributed by atoms with Gasteiger partial charge in [0.2, 0.25) is 5.91 Å². The minimum atomic E-state index is -0.396. The fourth-order valence-corrected chi connectivity index (χ4v) is 3.51. The topological polar surface area (TPSA) is 57.8 Å². The maximum absolute atomic E-state index is 12.6. The van der Waals surface area contributed by atoms with Gasteiger partial charge in [-0.15, -0.1) is 0 Å². The summed E-state index contributed by atoms with van der Waals surface area (Å²) in [6.45, 7) is 2.07. The molecule has 1 aromatic carbocycles. The molecule has 5 heteroatoms. The summed E-state index contributed by atoms with van der Waals surface area (Å²) in [4.78, 5) is 19.9. The molecule has 0 bridgehead atoms. The van der Waals surface area contributed by atoms with Gasteiger partial charge in [-0.05, 0) is 56.7 Å². The quantitative estimate of drug-likeness (QED) is 0.884. The van der Waals surface area contributed by atoms with Crippen LogP contribution in [0.2, 0.25) is 0 Å². The summed E-state index contributed by atoms with van der Waals surface area (Å²) in [6.07, 6.45) is 3.66. The van der Waals surface area contributed by atoms with E-state index < -0.39 is 5.92 Å². The molecule has 5 nitrogen and oxygen atoms in total. The Morgan fingerprint density at radius 3 is 2.75 bits per heavy atom. The predicted octanol–water partition coefficient (Wildman–Crippen LogP) is 2.90. The number of benzene rings is 1. The van der Waals surface area contributed by atoms with Crippen molar-refractivity contribution in [3.05, 3.63) is 54.0 Å². The molecule has 0 radical (unpaired) electrons. The van der Waals surface area contributed by atoms with Gasteiger partial charge in [-0.2, -0.15) is 0 Å². The number of carbonyl (C=O) groups excluding carboxylic acids is 1. The lowest BCUT2D eigenvalue weighted by Gasteiger charge is -2.27. The van der Waals surface area contributed by atoms with Gasteiger partial charge in [0.15, 0.2) is 0 Å². The van der Waals surface area contributed by atoms with Crippen LogP contribution in [-0.4, -0.2) is 42.7 Å². The number of hydrogen-bond donors (Lipinski definition) is 1. The van der Waals surface area contributed by atoms with Crippen molar-refractivity contribution in [1.29, 1.82) is 0 Å². The number of nitrogens with one attached hydrogen (secondary N) is 1. The molecule has 3 heterocycles. The van der Waals surface area contributed by atoms with E-state index in [4.69, 9.17) is 9.41 Å². The Labute approximate surface area is 141 Å². The molecular weight excluding hydrogens is 302 g/mol. The van der Waals surface area contributed by atoms with E-state index in [1.807, 2.05) is 36.4 Å². The van der Waals surface area contributed by atoms with Gasteiger partial charge in [-0.3, -0.25) is 9.79 Å². The molecule has 1 aromatic heterocycles. The van der Waals surface area contributed by atoms with Crippen LogP contribution in [0, 0.1) is 0 Å². The molecule has 1 fully saturated rings. The lowest BCUT2D eigenvalue weighted by molar-refractivity contribution is -0.115. The number of nitrogens with zero attached hydrogens (tertiary/aromatic N) is 2. The molecule has 1 saturated heterocycles. The van der Waals surface area contributed by atoms with Gasteiger partial charge < -0.3 is 14.6 Å². The number of carbonyl (C=O) groups is 1. The first-order valence-corrected chi connectivity index (χ1v) is 8.42. The molecule has 2 aliphatic rings. The zero-order valence-corrected chi connectivity index (χ0v) is 13.7. The van der Waals surface area contributed by atoms with Crippen LogP contribution in [0.25, 0.3) is 0 Å². The summed E-state index contributed by atoms with van der Waals surface area (Å²) >= 11 is 0. The van der Waals surface area contributed by atoms with Gasteiger partial charge in [0.1, 0.15) is 11.7 Å². The number of furan rings is 1. The molecular formula is C19H21N3O2. The number of rotatable bonds is 3. The molecule has 124 valence electrons. The van der Waals surface area contributed by atoms with Crippen LogP contribution in [0.3, 0.4) is 0 Å². The Morgan fingerprint density at radius 2 is 2.00 bits per heavy atom. The first-order chi connectivity index (χ1) is 11.7. The first-order valence-electron chi connectivity index (χ1n) is 8.42. The van der Waals surface area contributed by atoms with Crippen molar-refractivity contribution in [3.8, 4) is 0 Å². The predicted molar refractivity (Wildman–Crippen MR) is 93.6 cm³/mol. The number of likely N-dealkylation sites (tertiary alicyclic amines) is 1. The second-order valence-electron chi connectivity index (χ2n) is 6.54. The fraction of sp³-hybridized carbons (Fsp3) is 0.368. The van der Waals surface area contributed by atoms with Crippen LogP contribution in [0.4, 0.5) is 5.69 Å². The van der Waals surface area contributed by atoms with Crippen molar-refractivity contribution < 1.29 is 9.21 Å². The van der Waals surface area contributed by atoms with Gasteiger partial charge in [-0.25, -0.2) is 0 Å². The lowest BCUT2D eigenvalue weighted by Crippen LogP contribution is -2.33. The molecule has 1 N–H and O–H groups in total. The SMILES string of the molecule is CN1CCC(N=C(c2ccco2)C2C(=O)Nc3ccccc32)CC1. The van der Waals surface area contributed by atoms with Crippen LogP contribution in [0.5, 0.6) is 0 Å². The lowest BCUT2D eigenvalue weighted by atomic mass is 9.93. The van der Waals surface area contributed by atoms with Crippen LogP contribution in [0.15, 0.2) is 52.1 Å². The number of fused-ring (bicyclic) bond motifs is 1. The molecule has 4 rings (SSSR count). The fourth-order valence-electron chi connectivity index (χ4n) is 3.51. The summed E-state index contributed by atoms with van der Waals surface area (Å²) < 4.78 is 5.61. The number of para-hydroxylation sites is 1. The van der Waals surface area contributed by atoms with Gasteiger partial charge in [-0.1, -0.05) is 18.2 Å². The third kappa shape index (κ3) is 2.76. The number of aliphatic imine (C=N–C) groups is 1. The normalized spacial score (nSPS) is 22.5. The highest BCUT2D eigenvalue weighted by atomic mass is 16.3. The van der Waals surface area contributed by atoms with Gasteiger partial charge in [0, 0.05) is 5.69 Å². The van der Waals surface area contributed by atoms with Crippen molar-refractivity contribution in [1.82, 2.24) is 4.90 Å². The van der Waals surface area contributed by atoms with E-state index in [0.717, 1.165) is 42.9 Å². The van der Waals surface area contributed by atoms with Crippen molar-refractivity contribution in [2.75, 3.05) is 25.5 Å². The Bertz CT molecular complexity index is 759. The average molecular weight is 323 g/mol. The molecule has 2 aromatic rings. The van der Waals surface area contributed by atoms with Crippen molar-refractivity contribution in [2.45, 2.75) is 24.8 Å². The molecule has 1 atom stereocenters. The van der Waals surface area contributed by atoms with E-state index in [2.05, 4.69) is 17.3 Å². The third-order valence-electron chi connectivity index (χ3n) is 4.85. The van der Waals surface area contributed by atoms with E-state index in [9.17, 15) is 4.79 Å². The smallest absolute Gasteiger partial charge is 0.238 e. The van der Waals surface area contributed by atoms with Gasteiger partial charge >= 0.3 is 0 Å². The Kier molecular flexibility index (Phi) is 3.94. The number of amides is 1. The van der Waals surface area contributed by atoms with Crippen molar-refractivity contribution in [2.24, 2.45) is 4.99 Å². The molecule has 0 aliphatic carbocycles. The number of hydrogen-bond acceptors (Lipinski definition) is 4. The van der Waals surface area contributed by atoms with Crippen LogP contribution >= 0.6 is 0 Å². The molecule has 1 amide bonds. The highest BCUT2D eigenvalue weighted by Crippen LogP contribution is 2.35. The highest BCUT2D eigenvalue weighted by molar-refractivity contribution is 6.22. The summed E-state index contributed by atoms with van der Waals surface area (Å²) in [5.74, 6) is 0.261. The monoisotopic (exact) mass is 323 g/mol. The Hall–Kier alpha value is -2.40. The number of piperidine rings is 1. The highest BCUT2D eigenvalue weighted by Gasteiger charge is 2.36. The average Bonchev–Trinajstić information content (AvgIpc) is 3.22. The van der Waals surface area contributed by atoms with E-state index in [-0.39, 0.29) is 11.9 Å². The van der Waals surface area contributed by atoms with Crippen molar-refractivity contribution in [3.63, 3.8) is 0 Å². The maximum atomic E-state index is 12.6. The summed E-state index contributed by atoms with van der Waals surface area (Å²) in [5.41, 5.74) is 2.60. The zero-order chi connectivity index (χ0) is 16.5. The molecule has 2 aliphatic heterocycles. The first kappa shape index (κ1) is 15.1. The summed E-state index contributed by atoms with van der Waals surface area (Å²) in [5, 5.41) is 2.96. The summed E-state index contributed by atoms with van der Waals surface area (Å²) in [6, 6.07) is 11.8. The maximum Gasteiger partial charge on any atom is 0.238 e. The molecule has 24 heavy (non-hydrogen) atoms. The minimum Gasteiger partial charge on any atom is -0.463 e. The molecule has 1 unspecified atom stereocenters. The minimum absolute atomic E-state index is 0.0284. The second kappa shape index (κ2) is 6.24. The Morgan fingerprint density at radius 1 is 1.21 bits per heavy atom. The number of anilines is 1.